The smallest absolute Gasteiger partial charge is 0.366 e. The van der Waals surface area contributed by atoms with E-state index >= 15 is 0 Å². The highest BCUT2D eigenvalue weighted by molar-refractivity contribution is 5.88. The summed E-state index contributed by atoms with van der Waals surface area (Å²) in [5.41, 5.74) is -5.34. The monoisotopic (exact) mass is 704 g/mol. The number of hydrogen-bond acceptors (Lipinski definition) is 15. The molecule has 0 amide bonds. The van der Waals surface area contributed by atoms with E-state index in [4.69, 9.17) is 37.9 Å². The zero-order valence-electron chi connectivity index (χ0n) is 29.0. The Hall–Kier alpha value is -3.34. The lowest BCUT2D eigenvalue weighted by atomic mass is 9.38. The highest BCUT2D eigenvalue weighted by atomic mass is 16.7. The highest BCUT2D eigenvalue weighted by Gasteiger charge is 2.87. The van der Waals surface area contributed by atoms with E-state index in [1.54, 1.807) is 33.8 Å². The molecule has 4 aliphatic heterocycles. The molecular formula is C35H44O15. The Morgan fingerprint density at radius 1 is 1.00 bits per heavy atom. The number of aliphatic hydroxyl groups excluding tert-OH is 1. The second-order valence-electron chi connectivity index (χ2n) is 14.9. The van der Waals surface area contributed by atoms with Gasteiger partial charge in [0.1, 0.15) is 17.6 Å². The molecule has 3 N–H and O–H groups in total. The number of rotatable bonds is 6. The predicted molar refractivity (Wildman–Crippen MR) is 165 cm³/mol. The van der Waals surface area contributed by atoms with Gasteiger partial charge in [-0.1, -0.05) is 18.6 Å². The molecule has 50 heavy (non-hydrogen) atoms. The number of methoxy groups -OCH3 is 2. The van der Waals surface area contributed by atoms with E-state index in [0.29, 0.717) is 11.1 Å². The van der Waals surface area contributed by atoms with Crippen molar-refractivity contribution in [1.29, 1.82) is 0 Å². The van der Waals surface area contributed by atoms with Gasteiger partial charge >= 0.3 is 23.9 Å². The normalized spacial score (nSPS) is 48.3. The van der Waals surface area contributed by atoms with Crippen LogP contribution >= 0.6 is 0 Å². The zero-order valence-corrected chi connectivity index (χ0v) is 29.0. The summed E-state index contributed by atoms with van der Waals surface area (Å²) in [6, 6.07) is 0. The van der Waals surface area contributed by atoms with Crippen molar-refractivity contribution in [1.82, 2.24) is 0 Å². The molecule has 14 atom stereocenters. The Bertz CT molecular complexity index is 1620. The zero-order chi connectivity index (χ0) is 36.3. The fourth-order valence-corrected chi connectivity index (χ4v) is 11.0. The molecule has 7 aliphatic rings. The van der Waals surface area contributed by atoms with Gasteiger partial charge in [0.15, 0.2) is 5.60 Å². The lowest BCUT2D eigenvalue weighted by Crippen LogP contribution is -2.76. The van der Waals surface area contributed by atoms with Crippen LogP contribution in [0.5, 0.6) is 0 Å². The number of ether oxygens (including phenoxy) is 8. The fourth-order valence-electron chi connectivity index (χ4n) is 11.0. The van der Waals surface area contributed by atoms with Crippen molar-refractivity contribution in [2.45, 2.75) is 95.7 Å². The minimum absolute atomic E-state index is 0.246. The molecule has 15 heteroatoms. The van der Waals surface area contributed by atoms with Gasteiger partial charge in [0.25, 0.3) is 5.79 Å². The summed E-state index contributed by atoms with van der Waals surface area (Å²) >= 11 is 0. The molecule has 274 valence electrons. The molecule has 0 radical (unpaired) electrons. The lowest BCUT2D eigenvalue weighted by Gasteiger charge is -2.65. The van der Waals surface area contributed by atoms with Gasteiger partial charge < -0.3 is 53.2 Å². The summed E-state index contributed by atoms with van der Waals surface area (Å²) in [5.74, 6) is -9.47. The second-order valence-corrected chi connectivity index (χ2v) is 14.9. The molecule has 0 aromatic heterocycles. The van der Waals surface area contributed by atoms with Crippen LogP contribution in [0.25, 0.3) is 0 Å². The van der Waals surface area contributed by atoms with Crippen LogP contribution in [0.1, 0.15) is 47.5 Å². The van der Waals surface area contributed by atoms with E-state index in [1.807, 2.05) is 0 Å². The molecule has 1 spiro atoms. The molecule has 4 heterocycles. The maximum Gasteiger partial charge on any atom is 0.366 e. The average molecular weight is 705 g/mol. The van der Waals surface area contributed by atoms with Gasteiger partial charge in [-0.2, -0.15) is 0 Å². The van der Waals surface area contributed by atoms with Crippen LogP contribution in [-0.2, 0) is 57.1 Å². The highest BCUT2D eigenvalue weighted by Crippen LogP contribution is 2.75. The summed E-state index contributed by atoms with van der Waals surface area (Å²) in [4.78, 5) is 54.1. The molecule has 0 aromatic carbocycles. The third-order valence-electron chi connectivity index (χ3n) is 13.0. The number of fused-ring (bicyclic) bond motifs is 4. The molecule has 3 saturated heterocycles. The van der Waals surface area contributed by atoms with Crippen LogP contribution in [-0.4, -0.2) is 115 Å². The largest absolute Gasteiger partial charge is 0.469 e. The summed E-state index contributed by atoms with van der Waals surface area (Å²) < 4.78 is 47.0. The van der Waals surface area contributed by atoms with Gasteiger partial charge in [-0.25, -0.2) is 9.59 Å². The first-order valence-corrected chi connectivity index (χ1v) is 16.8. The van der Waals surface area contributed by atoms with Crippen molar-refractivity contribution >= 4 is 23.9 Å². The quantitative estimate of drug-likeness (QED) is 0.150. The average Bonchev–Trinajstić information content (AvgIpc) is 3.83. The van der Waals surface area contributed by atoms with Crippen LogP contribution < -0.4 is 0 Å². The first-order chi connectivity index (χ1) is 23.5. The number of aliphatic hydroxyl groups is 3. The Morgan fingerprint density at radius 3 is 2.34 bits per heavy atom. The molecule has 3 aliphatic carbocycles. The second kappa shape index (κ2) is 11.3. The topological polar surface area (TPSA) is 203 Å². The summed E-state index contributed by atoms with van der Waals surface area (Å²) in [5, 5.41) is 37.1. The first kappa shape index (κ1) is 35.1. The number of carbonyl (C=O) groups excluding carboxylic acids is 4. The van der Waals surface area contributed by atoms with Gasteiger partial charge in [-0.3, -0.25) is 9.59 Å². The standard InChI is InChI=1S/C35H44O15/c1-8-15(2)26(38)50-20-12-21(48-17(4)36)33(28(39)43-6)13-46-23-24(33)32(20)14-47-35(42,29(40)44-7)27(32)31(5,25(23)37)22-16(3)18-11-19(22)49-30-34(18,41)9-10-45-30/h8-10,18-21,23-25,27,30,37,41-42H,11-14H2,1-7H3/b15-8+/t18-,19-,20-,21+,23+,24+,25+,27-,30-,31+,32-,33-,34+,35-/m0/s1. The lowest BCUT2D eigenvalue weighted by molar-refractivity contribution is -0.283. The van der Waals surface area contributed by atoms with Crippen LogP contribution in [0.3, 0.4) is 0 Å². The third-order valence-corrected chi connectivity index (χ3v) is 13.0. The third kappa shape index (κ3) is 4.07. The van der Waals surface area contributed by atoms with Gasteiger partial charge in [-0.15, -0.1) is 0 Å². The van der Waals surface area contributed by atoms with Crippen molar-refractivity contribution in [3.8, 4) is 0 Å². The SMILES string of the molecule is C/C=C(\C)C(=O)O[C@H]1C[C@@H](OC(C)=O)[C@@]2(C(=O)OC)CO[C@H]3[C@@H](O)[C@@](C)(C4=C(C)[C@@H]5C[C@@H]4O[C@@H]4OC=C[C@]45O)[C@H]4[C@]1(CO[C@]4(O)C(=O)OC)[C@@H]32. The minimum atomic E-state index is -2.78. The number of carbonyl (C=O) groups is 4. The van der Waals surface area contributed by atoms with Crippen molar-refractivity contribution in [2.75, 3.05) is 27.4 Å². The van der Waals surface area contributed by atoms with Crippen LogP contribution in [0.15, 0.2) is 35.1 Å². The summed E-state index contributed by atoms with van der Waals surface area (Å²) in [6.45, 7) is 6.98. The van der Waals surface area contributed by atoms with Gasteiger partial charge in [0.05, 0.1) is 52.0 Å². The number of allylic oxidation sites excluding steroid dienone is 1. The van der Waals surface area contributed by atoms with Crippen LogP contribution in [0, 0.1) is 34.0 Å². The predicted octanol–water partition coefficient (Wildman–Crippen LogP) is 0.586. The van der Waals surface area contributed by atoms with Gasteiger partial charge in [0, 0.05) is 47.5 Å². The van der Waals surface area contributed by atoms with Crippen molar-refractivity contribution in [3.05, 3.63) is 35.1 Å². The van der Waals surface area contributed by atoms with E-state index in [9.17, 15) is 34.5 Å². The van der Waals surface area contributed by atoms with Gasteiger partial charge in [0.2, 0.25) is 6.29 Å². The van der Waals surface area contributed by atoms with Crippen molar-refractivity contribution < 1.29 is 72.4 Å². The molecule has 0 unspecified atom stereocenters. The van der Waals surface area contributed by atoms with Crippen LogP contribution in [0.2, 0.25) is 0 Å². The van der Waals surface area contributed by atoms with E-state index < -0.39 is 113 Å². The van der Waals surface area contributed by atoms with Crippen LogP contribution in [0.4, 0.5) is 0 Å². The maximum atomic E-state index is 14.1. The Balaban J connectivity index is 1.52. The number of esters is 4. The molecular weight excluding hydrogens is 660 g/mol. The maximum absolute atomic E-state index is 14.1. The Morgan fingerprint density at radius 2 is 1.70 bits per heavy atom. The fraction of sp³-hybridized carbons (Fsp3) is 0.714. The molecule has 7 rings (SSSR count). The molecule has 2 bridgehead atoms. The molecule has 5 fully saturated rings. The summed E-state index contributed by atoms with van der Waals surface area (Å²) in [7, 11) is 2.25. The van der Waals surface area contributed by atoms with Gasteiger partial charge in [-0.05, 0) is 38.8 Å². The number of hydrogen-bond donors (Lipinski definition) is 3. The Kier molecular flexibility index (Phi) is 7.95. The van der Waals surface area contributed by atoms with E-state index in [-0.39, 0.29) is 25.0 Å². The van der Waals surface area contributed by atoms with Crippen molar-refractivity contribution in [2.24, 2.45) is 34.0 Å². The molecule has 15 nitrogen and oxygen atoms in total. The first-order valence-electron chi connectivity index (χ1n) is 16.8. The Labute approximate surface area is 288 Å². The van der Waals surface area contributed by atoms with E-state index in [2.05, 4.69) is 0 Å². The molecule has 2 saturated carbocycles. The van der Waals surface area contributed by atoms with E-state index in [1.165, 1.54) is 26.4 Å². The summed E-state index contributed by atoms with van der Waals surface area (Å²) in [6.07, 6.45) is -2.73. The minimum Gasteiger partial charge on any atom is -0.469 e. The molecule has 0 aromatic rings. The van der Waals surface area contributed by atoms with Crippen molar-refractivity contribution in [3.63, 3.8) is 0 Å². The van der Waals surface area contributed by atoms with E-state index in [0.717, 1.165) is 7.11 Å².